The van der Waals surface area contributed by atoms with Crippen molar-refractivity contribution >= 4 is 23.3 Å². The van der Waals surface area contributed by atoms with E-state index in [1.165, 1.54) is 11.3 Å². The highest BCUT2D eigenvalue weighted by atomic mass is 32.1. The predicted molar refractivity (Wildman–Crippen MR) is 86.2 cm³/mol. The third-order valence-electron chi connectivity index (χ3n) is 3.19. The Labute approximate surface area is 140 Å². The summed E-state index contributed by atoms with van der Waals surface area (Å²) in [6.07, 6.45) is 0.150. The molecule has 1 fully saturated rings. The molecule has 0 aliphatic carbocycles. The molecule has 0 saturated carbocycles. The average molecular weight is 341 g/mol. The van der Waals surface area contributed by atoms with Gasteiger partial charge in [-0.2, -0.15) is 0 Å². The van der Waals surface area contributed by atoms with E-state index < -0.39 is 17.7 Å². The maximum absolute atomic E-state index is 12.8. The zero-order chi connectivity index (χ0) is 16.9. The van der Waals surface area contributed by atoms with Crippen LogP contribution in [0.2, 0.25) is 0 Å². The normalized spacial score (nSPS) is 17.3. The van der Waals surface area contributed by atoms with Crippen LogP contribution in [0.3, 0.4) is 0 Å². The minimum Gasteiger partial charge on any atom is -0.444 e. The third-order valence-corrected chi connectivity index (χ3v) is 3.79. The highest BCUT2D eigenvalue weighted by Gasteiger charge is 2.31. The van der Waals surface area contributed by atoms with Gasteiger partial charge in [0.15, 0.2) is 6.04 Å². The van der Waals surface area contributed by atoms with Crippen LogP contribution >= 0.6 is 11.3 Å². The van der Waals surface area contributed by atoms with Gasteiger partial charge in [-0.15, -0.1) is 11.3 Å². The van der Waals surface area contributed by atoms with Gasteiger partial charge in [0, 0.05) is 25.1 Å². The van der Waals surface area contributed by atoms with Crippen LogP contribution < -0.4 is 5.32 Å². The summed E-state index contributed by atoms with van der Waals surface area (Å²) in [7, 11) is 0. The highest BCUT2D eigenvalue weighted by Crippen LogP contribution is 2.18. The van der Waals surface area contributed by atoms with Gasteiger partial charge in [0.25, 0.3) is 5.91 Å². The number of carbonyl (C=O) groups is 2. The van der Waals surface area contributed by atoms with Gasteiger partial charge in [0.1, 0.15) is 5.60 Å². The van der Waals surface area contributed by atoms with Crippen molar-refractivity contribution in [2.45, 2.75) is 38.8 Å². The molecule has 1 aromatic heterocycles. The van der Waals surface area contributed by atoms with Crippen LogP contribution in [0.25, 0.3) is 0 Å². The van der Waals surface area contributed by atoms with Crippen molar-refractivity contribution in [3.05, 3.63) is 16.6 Å². The van der Waals surface area contributed by atoms with Crippen molar-refractivity contribution in [2.75, 3.05) is 26.3 Å². The first-order chi connectivity index (χ1) is 10.9. The fourth-order valence-corrected chi connectivity index (χ4v) is 2.78. The summed E-state index contributed by atoms with van der Waals surface area (Å²) in [5.41, 5.74) is 1.53. The van der Waals surface area contributed by atoms with Crippen LogP contribution in [0.5, 0.6) is 0 Å². The lowest BCUT2D eigenvalue weighted by atomic mass is 10.2. The predicted octanol–water partition coefficient (Wildman–Crippen LogP) is 1.96. The molecule has 0 aromatic carbocycles. The molecule has 1 atom stereocenters. The molecule has 0 spiro atoms. The van der Waals surface area contributed by atoms with Crippen molar-refractivity contribution in [3.8, 4) is 0 Å². The van der Waals surface area contributed by atoms with E-state index in [2.05, 4.69) is 10.3 Å². The Morgan fingerprint density at radius 3 is 2.83 bits per heavy atom. The first kappa shape index (κ1) is 17.7. The number of carbonyl (C=O) groups excluding carboxylic acids is 2. The fraction of sp³-hybridized carbons (Fsp3) is 0.667. The number of nitrogens with one attached hydrogen (secondary N) is 1. The number of amides is 2. The highest BCUT2D eigenvalue weighted by molar-refractivity contribution is 7.07. The summed E-state index contributed by atoms with van der Waals surface area (Å²) >= 11 is 1.38. The second-order valence-corrected chi connectivity index (χ2v) is 7.00. The maximum Gasteiger partial charge on any atom is 0.408 e. The Bertz CT molecular complexity index is 519. The topological polar surface area (TPSA) is 80.8 Å². The number of rotatable bonds is 3. The molecular weight excluding hydrogens is 318 g/mol. The van der Waals surface area contributed by atoms with Crippen LogP contribution in [0.4, 0.5) is 4.79 Å². The monoisotopic (exact) mass is 341 g/mol. The van der Waals surface area contributed by atoms with Crippen LogP contribution in [-0.2, 0) is 14.3 Å². The van der Waals surface area contributed by atoms with Crippen molar-refractivity contribution in [1.82, 2.24) is 15.2 Å². The van der Waals surface area contributed by atoms with E-state index in [9.17, 15) is 9.59 Å². The average Bonchev–Trinajstić information content (AvgIpc) is 2.84. The minimum atomic E-state index is -0.839. The van der Waals surface area contributed by atoms with Crippen LogP contribution in [-0.4, -0.2) is 53.8 Å². The van der Waals surface area contributed by atoms with Crippen LogP contribution in [0.15, 0.2) is 10.9 Å². The number of aromatic nitrogens is 1. The van der Waals surface area contributed by atoms with E-state index in [1.807, 2.05) is 0 Å². The van der Waals surface area contributed by atoms with Gasteiger partial charge >= 0.3 is 6.09 Å². The van der Waals surface area contributed by atoms with E-state index in [4.69, 9.17) is 9.47 Å². The van der Waals surface area contributed by atoms with Gasteiger partial charge in [0.05, 0.1) is 17.8 Å². The molecule has 0 bridgehead atoms. The summed E-state index contributed by atoms with van der Waals surface area (Å²) in [4.78, 5) is 30.8. The number of ether oxygens (including phenoxy) is 2. The molecule has 1 unspecified atom stereocenters. The number of nitrogens with zero attached hydrogens (tertiary/aromatic N) is 2. The Balaban J connectivity index is 2.11. The Morgan fingerprint density at radius 1 is 1.39 bits per heavy atom. The summed E-state index contributed by atoms with van der Waals surface area (Å²) in [5, 5.41) is 4.40. The molecule has 0 radical (unpaired) electrons. The fourth-order valence-electron chi connectivity index (χ4n) is 2.20. The molecule has 7 nitrogen and oxygen atoms in total. The summed E-state index contributed by atoms with van der Waals surface area (Å²) in [5.74, 6) is -0.188. The quantitative estimate of drug-likeness (QED) is 0.909. The van der Waals surface area contributed by atoms with Crippen molar-refractivity contribution in [1.29, 1.82) is 0 Å². The second kappa shape index (κ2) is 7.74. The molecule has 1 aromatic rings. The molecule has 128 valence electrons. The van der Waals surface area contributed by atoms with Gasteiger partial charge < -0.3 is 19.7 Å². The van der Waals surface area contributed by atoms with Crippen molar-refractivity contribution in [2.24, 2.45) is 0 Å². The van der Waals surface area contributed by atoms with Gasteiger partial charge in [0.2, 0.25) is 0 Å². The molecule has 8 heteroatoms. The lowest BCUT2D eigenvalue weighted by Crippen LogP contribution is -2.45. The summed E-state index contributed by atoms with van der Waals surface area (Å²) < 4.78 is 10.6. The third kappa shape index (κ3) is 5.47. The van der Waals surface area contributed by atoms with E-state index in [-0.39, 0.29) is 5.91 Å². The second-order valence-electron chi connectivity index (χ2n) is 6.28. The van der Waals surface area contributed by atoms with E-state index >= 15 is 0 Å². The van der Waals surface area contributed by atoms with Crippen molar-refractivity contribution in [3.63, 3.8) is 0 Å². The van der Waals surface area contributed by atoms with Gasteiger partial charge in [-0.25, -0.2) is 9.78 Å². The zero-order valence-electron chi connectivity index (χ0n) is 13.7. The van der Waals surface area contributed by atoms with Gasteiger partial charge in [-0.05, 0) is 27.2 Å². The molecule has 2 heterocycles. The largest absolute Gasteiger partial charge is 0.444 e. The van der Waals surface area contributed by atoms with Crippen LogP contribution in [0, 0.1) is 0 Å². The molecule has 2 amide bonds. The number of alkyl carbamates (subject to hydrolysis) is 1. The maximum atomic E-state index is 12.8. The molecule has 1 aliphatic rings. The minimum absolute atomic E-state index is 0.188. The molecular formula is C15H23N3O4S. The van der Waals surface area contributed by atoms with E-state index in [0.29, 0.717) is 32.0 Å². The first-order valence-corrected chi connectivity index (χ1v) is 8.55. The SMILES string of the molecule is CC(C)(C)OC(=O)NC(C(=O)N1CCCOCC1)c1cscn1. The number of hydrogen-bond acceptors (Lipinski definition) is 6. The summed E-state index contributed by atoms with van der Waals surface area (Å²) in [6, 6.07) is -0.839. The first-order valence-electron chi connectivity index (χ1n) is 7.61. The van der Waals surface area contributed by atoms with Gasteiger partial charge in [-0.1, -0.05) is 0 Å². The molecule has 23 heavy (non-hydrogen) atoms. The lowest BCUT2D eigenvalue weighted by Gasteiger charge is -2.27. The Hall–Kier alpha value is -1.67. The molecule has 1 N–H and O–H groups in total. The van der Waals surface area contributed by atoms with Crippen LogP contribution in [0.1, 0.15) is 38.9 Å². The Morgan fingerprint density at radius 2 is 2.17 bits per heavy atom. The molecule has 2 rings (SSSR count). The van der Waals surface area contributed by atoms with E-state index in [1.54, 1.807) is 36.6 Å². The molecule has 1 saturated heterocycles. The number of hydrogen-bond donors (Lipinski definition) is 1. The Kier molecular flexibility index (Phi) is 5.95. The summed E-state index contributed by atoms with van der Waals surface area (Å²) in [6.45, 7) is 7.59. The van der Waals surface area contributed by atoms with Crippen molar-refractivity contribution < 1.29 is 19.1 Å². The zero-order valence-corrected chi connectivity index (χ0v) is 14.5. The van der Waals surface area contributed by atoms with Gasteiger partial charge in [-0.3, -0.25) is 4.79 Å². The standard InChI is InChI=1S/C15H23N3O4S/c1-15(2,3)22-14(20)17-12(11-9-23-10-16-11)13(19)18-5-4-7-21-8-6-18/h9-10,12H,4-8H2,1-3H3,(H,17,20). The lowest BCUT2D eigenvalue weighted by molar-refractivity contribution is -0.133. The smallest absolute Gasteiger partial charge is 0.408 e. The number of thiazole rings is 1. The van der Waals surface area contributed by atoms with E-state index in [0.717, 1.165) is 6.42 Å². The molecule has 1 aliphatic heterocycles.